The molecule has 0 heterocycles. The van der Waals surface area contributed by atoms with Gasteiger partial charge in [0, 0.05) is 0 Å². The van der Waals surface area contributed by atoms with E-state index in [2.05, 4.69) is 34.6 Å². The maximum atomic E-state index is 2.56. The molecule has 0 aromatic rings. The van der Waals surface area contributed by atoms with E-state index in [1.807, 2.05) is 0 Å². The van der Waals surface area contributed by atoms with Crippen molar-refractivity contribution in [2.45, 2.75) is 60.3 Å². The summed E-state index contributed by atoms with van der Waals surface area (Å²) in [5.41, 5.74) is 1.48. The molecule has 0 amide bonds. The predicted molar refractivity (Wildman–Crippen MR) is 62.2 cm³/mol. The molecule has 14 heavy (non-hydrogen) atoms. The van der Waals surface area contributed by atoms with Gasteiger partial charge in [-0.1, -0.05) is 47.5 Å². The summed E-state index contributed by atoms with van der Waals surface area (Å²) < 4.78 is 0. The number of hydrogen-bond acceptors (Lipinski definition) is 0. The molecule has 2 fully saturated rings. The number of unbranched alkanes of at least 4 members (excludes halogenated alkanes) is 1. The molecule has 0 aliphatic heterocycles. The van der Waals surface area contributed by atoms with Crippen LogP contribution in [-0.4, -0.2) is 0 Å². The first kappa shape index (κ1) is 10.5. The Bertz CT molecular complexity index is 230. The van der Waals surface area contributed by atoms with Gasteiger partial charge >= 0.3 is 0 Å². The molecule has 0 saturated heterocycles. The largest absolute Gasteiger partial charge is 0.0654 e. The van der Waals surface area contributed by atoms with Crippen molar-refractivity contribution in [1.29, 1.82) is 0 Å². The van der Waals surface area contributed by atoms with E-state index >= 15 is 0 Å². The van der Waals surface area contributed by atoms with Crippen LogP contribution in [0.4, 0.5) is 0 Å². The predicted octanol–water partition coefficient (Wildman–Crippen LogP) is 4.49. The third-order valence-electron chi connectivity index (χ3n) is 5.66. The minimum Gasteiger partial charge on any atom is -0.0654 e. The van der Waals surface area contributed by atoms with Gasteiger partial charge in [0.15, 0.2) is 0 Å². The van der Waals surface area contributed by atoms with Crippen molar-refractivity contribution in [2.75, 3.05) is 0 Å². The lowest BCUT2D eigenvalue weighted by molar-refractivity contribution is 0.169. The molecular formula is C14H26. The summed E-state index contributed by atoms with van der Waals surface area (Å²) in [7, 11) is 0. The van der Waals surface area contributed by atoms with Crippen molar-refractivity contribution in [3.8, 4) is 0 Å². The second-order valence-electron chi connectivity index (χ2n) is 6.36. The molecule has 0 spiro atoms. The Morgan fingerprint density at radius 3 is 2.36 bits per heavy atom. The second kappa shape index (κ2) is 3.00. The highest BCUT2D eigenvalue weighted by atomic mass is 14.8. The first-order chi connectivity index (χ1) is 6.50. The van der Waals surface area contributed by atoms with E-state index in [9.17, 15) is 0 Å². The lowest BCUT2D eigenvalue weighted by Crippen LogP contribution is -2.24. The van der Waals surface area contributed by atoms with Crippen molar-refractivity contribution < 1.29 is 0 Å². The topological polar surface area (TPSA) is 0 Å². The number of rotatable bonds is 4. The van der Waals surface area contributed by atoms with Gasteiger partial charge in [0.25, 0.3) is 0 Å². The maximum absolute atomic E-state index is 2.56. The van der Waals surface area contributed by atoms with Gasteiger partial charge in [-0.05, 0) is 41.4 Å². The van der Waals surface area contributed by atoms with Crippen LogP contribution in [0.2, 0.25) is 0 Å². The van der Waals surface area contributed by atoms with Crippen LogP contribution in [0.25, 0.3) is 0 Å². The fourth-order valence-corrected chi connectivity index (χ4v) is 4.80. The zero-order chi connectivity index (χ0) is 10.6. The molecule has 2 rings (SSSR count). The molecule has 0 radical (unpaired) electrons. The van der Waals surface area contributed by atoms with E-state index in [4.69, 9.17) is 0 Å². The van der Waals surface area contributed by atoms with E-state index < -0.39 is 0 Å². The van der Waals surface area contributed by atoms with Crippen molar-refractivity contribution in [2.24, 2.45) is 28.6 Å². The minimum absolute atomic E-state index is 0.696. The van der Waals surface area contributed by atoms with E-state index in [0.717, 1.165) is 23.2 Å². The Morgan fingerprint density at radius 2 is 2.00 bits per heavy atom. The zero-order valence-corrected chi connectivity index (χ0v) is 10.6. The van der Waals surface area contributed by atoms with Gasteiger partial charge in [-0.2, -0.15) is 0 Å². The summed E-state index contributed by atoms with van der Waals surface area (Å²) in [6, 6.07) is 0. The first-order valence-electron chi connectivity index (χ1n) is 6.50. The highest BCUT2D eigenvalue weighted by molar-refractivity contribution is 5.28. The molecule has 82 valence electrons. The Labute approximate surface area is 89.5 Å². The summed E-state index contributed by atoms with van der Waals surface area (Å²) in [5, 5.41) is 0. The van der Waals surface area contributed by atoms with Gasteiger partial charge < -0.3 is 0 Å². The van der Waals surface area contributed by atoms with Crippen LogP contribution in [0.1, 0.15) is 60.3 Å². The van der Waals surface area contributed by atoms with Crippen LogP contribution < -0.4 is 0 Å². The lowest BCUT2D eigenvalue weighted by Gasteiger charge is -2.32. The molecule has 0 nitrogen and oxygen atoms in total. The normalized spacial score (nSPS) is 50.1. The van der Waals surface area contributed by atoms with Gasteiger partial charge in [-0.25, -0.2) is 0 Å². The molecule has 2 aliphatic rings. The van der Waals surface area contributed by atoms with Crippen LogP contribution in [0, 0.1) is 28.6 Å². The summed E-state index contributed by atoms with van der Waals surface area (Å²) in [6.07, 6.45) is 5.85. The SMILES string of the molecule is CCCCC12CC(C)C1C2(C)C(C)C. The highest BCUT2D eigenvalue weighted by Gasteiger charge is 2.80. The highest BCUT2D eigenvalue weighted by Crippen LogP contribution is 2.86. The fraction of sp³-hybridized carbons (Fsp3) is 1.00. The molecule has 0 aromatic heterocycles. The Kier molecular flexibility index (Phi) is 2.25. The van der Waals surface area contributed by atoms with Crippen molar-refractivity contribution in [3.05, 3.63) is 0 Å². The van der Waals surface area contributed by atoms with Crippen molar-refractivity contribution >= 4 is 0 Å². The molecule has 0 aromatic carbocycles. The zero-order valence-electron chi connectivity index (χ0n) is 10.6. The van der Waals surface area contributed by atoms with Crippen molar-refractivity contribution in [1.82, 2.24) is 0 Å². The first-order valence-corrected chi connectivity index (χ1v) is 6.50. The van der Waals surface area contributed by atoms with Gasteiger partial charge in [-0.15, -0.1) is 0 Å². The molecule has 2 saturated carbocycles. The van der Waals surface area contributed by atoms with E-state index in [1.54, 1.807) is 0 Å². The van der Waals surface area contributed by atoms with Gasteiger partial charge in [-0.3, -0.25) is 0 Å². The summed E-state index contributed by atoms with van der Waals surface area (Å²) in [6.45, 7) is 12.2. The number of hydrogen-bond donors (Lipinski definition) is 0. The molecule has 2 aliphatic carbocycles. The van der Waals surface area contributed by atoms with Crippen LogP contribution in [0.3, 0.4) is 0 Å². The molecule has 4 atom stereocenters. The molecular weight excluding hydrogens is 168 g/mol. The molecule has 0 bridgehead atoms. The molecule has 0 heteroatoms. The van der Waals surface area contributed by atoms with Crippen molar-refractivity contribution in [3.63, 3.8) is 0 Å². The van der Waals surface area contributed by atoms with Gasteiger partial charge in [0.05, 0.1) is 0 Å². The smallest absolute Gasteiger partial charge is 0.0199 e. The quantitative estimate of drug-likeness (QED) is 0.618. The van der Waals surface area contributed by atoms with E-state index in [-0.39, 0.29) is 0 Å². The minimum atomic E-state index is 0.696. The van der Waals surface area contributed by atoms with E-state index in [0.29, 0.717) is 5.41 Å². The van der Waals surface area contributed by atoms with Crippen LogP contribution >= 0.6 is 0 Å². The van der Waals surface area contributed by atoms with Gasteiger partial charge in [0.2, 0.25) is 0 Å². The fourth-order valence-electron chi connectivity index (χ4n) is 4.80. The summed E-state index contributed by atoms with van der Waals surface area (Å²) in [5.74, 6) is 2.97. The second-order valence-corrected chi connectivity index (χ2v) is 6.36. The Hall–Kier alpha value is 0. The average molecular weight is 194 g/mol. The standard InChI is InChI=1S/C14H26/c1-6-7-8-14-9-11(4)12(14)13(14,5)10(2)3/h10-12H,6-9H2,1-5H3. The lowest BCUT2D eigenvalue weighted by atomic mass is 9.72. The molecule has 0 N–H and O–H groups in total. The number of fused-ring (bicyclic) bond motifs is 1. The van der Waals surface area contributed by atoms with Crippen LogP contribution in [0.15, 0.2) is 0 Å². The van der Waals surface area contributed by atoms with Crippen LogP contribution in [0.5, 0.6) is 0 Å². The third kappa shape index (κ3) is 0.955. The maximum Gasteiger partial charge on any atom is -0.0199 e. The Balaban J connectivity index is 2.08. The summed E-state index contributed by atoms with van der Waals surface area (Å²) in [4.78, 5) is 0. The van der Waals surface area contributed by atoms with Crippen LogP contribution in [-0.2, 0) is 0 Å². The summed E-state index contributed by atoms with van der Waals surface area (Å²) >= 11 is 0. The molecule has 4 unspecified atom stereocenters. The van der Waals surface area contributed by atoms with E-state index in [1.165, 1.54) is 25.7 Å². The monoisotopic (exact) mass is 194 g/mol. The average Bonchev–Trinajstić information content (AvgIpc) is 2.55. The third-order valence-corrected chi connectivity index (χ3v) is 5.66. The Morgan fingerprint density at radius 1 is 1.36 bits per heavy atom. The van der Waals surface area contributed by atoms with Gasteiger partial charge in [0.1, 0.15) is 0 Å².